The van der Waals surface area contributed by atoms with E-state index in [9.17, 15) is 0 Å². The number of hydrogen-bond acceptors (Lipinski definition) is 5. The largest absolute Gasteiger partial charge is 0.421 e. The number of nitrogens with zero attached hydrogens (tertiary/aromatic N) is 3. The Kier molecular flexibility index (Phi) is 4.51. The summed E-state index contributed by atoms with van der Waals surface area (Å²) in [7, 11) is 2.03. The van der Waals surface area contributed by atoms with Crippen LogP contribution in [0.4, 0.5) is 17.4 Å². The van der Waals surface area contributed by atoms with E-state index in [2.05, 4.69) is 41.1 Å². The van der Waals surface area contributed by atoms with Crippen molar-refractivity contribution in [3.05, 3.63) is 47.0 Å². The molecule has 0 aliphatic carbocycles. The standard InChI is InChI=1S/C20H23ClN4O/c1-13-6-4-5-7-17(13)24(3)18-11-15(21)10-16-19(18)26-20(23-16)25-9-8-22-12-14(25)2/h4-7,10-11,14,22H,8-9,12H2,1-3H3/t14-/m0/s1. The van der Waals surface area contributed by atoms with Crippen molar-refractivity contribution < 1.29 is 4.42 Å². The Bertz CT molecular complexity index is 939. The maximum absolute atomic E-state index is 6.39. The van der Waals surface area contributed by atoms with Gasteiger partial charge in [-0.1, -0.05) is 29.8 Å². The number of para-hydroxylation sites is 1. The van der Waals surface area contributed by atoms with Crippen LogP contribution in [0.2, 0.25) is 5.02 Å². The zero-order valence-electron chi connectivity index (χ0n) is 15.3. The van der Waals surface area contributed by atoms with Crippen LogP contribution in [-0.4, -0.2) is 37.7 Å². The van der Waals surface area contributed by atoms with E-state index >= 15 is 0 Å². The molecule has 0 bridgehead atoms. The third-order valence-electron chi connectivity index (χ3n) is 5.01. The number of hydrogen-bond donors (Lipinski definition) is 1. The molecule has 1 aliphatic rings. The van der Waals surface area contributed by atoms with Crippen molar-refractivity contribution in [1.82, 2.24) is 10.3 Å². The van der Waals surface area contributed by atoms with Crippen molar-refractivity contribution in [3.63, 3.8) is 0 Å². The van der Waals surface area contributed by atoms with E-state index in [1.54, 1.807) is 0 Å². The summed E-state index contributed by atoms with van der Waals surface area (Å²) >= 11 is 6.39. The van der Waals surface area contributed by atoms with Gasteiger partial charge in [0.25, 0.3) is 6.01 Å². The predicted octanol–water partition coefficient (Wildman–Crippen LogP) is 4.36. The smallest absolute Gasteiger partial charge is 0.298 e. The first-order valence-electron chi connectivity index (χ1n) is 8.91. The van der Waals surface area contributed by atoms with Crippen molar-refractivity contribution in [2.45, 2.75) is 19.9 Å². The average Bonchev–Trinajstić information content (AvgIpc) is 3.04. The number of anilines is 3. The van der Waals surface area contributed by atoms with E-state index in [1.807, 2.05) is 31.3 Å². The number of aromatic nitrogens is 1. The summed E-state index contributed by atoms with van der Waals surface area (Å²) in [5.41, 5.74) is 4.78. The van der Waals surface area contributed by atoms with Crippen LogP contribution < -0.4 is 15.1 Å². The molecule has 0 radical (unpaired) electrons. The molecular weight excluding hydrogens is 348 g/mol. The molecule has 4 rings (SSSR count). The van der Waals surface area contributed by atoms with Gasteiger partial charge in [0.05, 0.1) is 5.69 Å². The van der Waals surface area contributed by atoms with Crippen LogP contribution in [0.25, 0.3) is 11.1 Å². The van der Waals surface area contributed by atoms with Gasteiger partial charge < -0.3 is 19.5 Å². The number of rotatable bonds is 3. The Morgan fingerprint density at radius 2 is 2.08 bits per heavy atom. The van der Waals surface area contributed by atoms with Crippen LogP contribution >= 0.6 is 11.6 Å². The molecule has 1 saturated heterocycles. The fourth-order valence-electron chi connectivity index (χ4n) is 3.54. The van der Waals surface area contributed by atoms with E-state index in [4.69, 9.17) is 21.0 Å². The topological polar surface area (TPSA) is 44.5 Å². The summed E-state index contributed by atoms with van der Waals surface area (Å²) in [5.74, 6) is 0. The Morgan fingerprint density at radius 1 is 1.27 bits per heavy atom. The lowest BCUT2D eigenvalue weighted by Gasteiger charge is -2.32. The molecule has 1 N–H and O–H groups in total. The maximum Gasteiger partial charge on any atom is 0.298 e. The highest BCUT2D eigenvalue weighted by Crippen LogP contribution is 2.37. The number of fused-ring (bicyclic) bond motifs is 1. The second kappa shape index (κ2) is 6.82. The van der Waals surface area contributed by atoms with Gasteiger partial charge in [0.1, 0.15) is 5.52 Å². The van der Waals surface area contributed by atoms with Crippen LogP contribution in [0.3, 0.4) is 0 Å². The van der Waals surface area contributed by atoms with Crippen LogP contribution in [0, 0.1) is 6.92 Å². The first kappa shape index (κ1) is 17.2. The van der Waals surface area contributed by atoms with Crippen LogP contribution in [-0.2, 0) is 0 Å². The molecule has 1 aromatic heterocycles. The van der Waals surface area contributed by atoms with Crippen molar-refractivity contribution in [3.8, 4) is 0 Å². The molecule has 26 heavy (non-hydrogen) atoms. The van der Waals surface area contributed by atoms with Gasteiger partial charge in [-0.05, 0) is 37.6 Å². The first-order valence-corrected chi connectivity index (χ1v) is 9.29. The molecule has 2 aromatic carbocycles. The molecule has 0 amide bonds. The van der Waals surface area contributed by atoms with E-state index in [0.717, 1.165) is 42.1 Å². The monoisotopic (exact) mass is 370 g/mol. The van der Waals surface area contributed by atoms with Crippen molar-refractivity contribution in [1.29, 1.82) is 0 Å². The lowest BCUT2D eigenvalue weighted by Crippen LogP contribution is -2.50. The summed E-state index contributed by atoms with van der Waals surface area (Å²) < 4.78 is 6.23. The molecule has 2 heterocycles. The molecule has 3 aromatic rings. The van der Waals surface area contributed by atoms with Gasteiger partial charge >= 0.3 is 0 Å². The molecule has 0 unspecified atom stereocenters. The highest BCUT2D eigenvalue weighted by atomic mass is 35.5. The Morgan fingerprint density at radius 3 is 2.85 bits per heavy atom. The minimum Gasteiger partial charge on any atom is -0.421 e. The molecule has 0 spiro atoms. The molecule has 1 aliphatic heterocycles. The summed E-state index contributed by atoms with van der Waals surface area (Å²) in [4.78, 5) is 9.05. The molecule has 136 valence electrons. The van der Waals surface area contributed by atoms with E-state index < -0.39 is 0 Å². The van der Waals surface area contributed by atoms with Gasteiger partial charge in [-0.3, -0.25) is 0 Å². The fourth-order valence-corrected chi connectivity index (χ4v) is 3.74. The van der Waals surface area contributed by atoms with Gasteiger partial charge in [0, 0.05) is 43.4 Å². The third kappa shape index (κ3) is 3.02. The first-order chi connectivity index (χ1) is 12.5. The predicted molar refractivity (Wildman–Crippen MR) is 108 cm³/mol. The SMILES string of the molecule is Cc1ccccc1N(C)c1cc(Cl)cc2nc(N3CCNC[C@@H]3C)oc12. The Labute approximate surface area is 158 Å². The summed E-state index contributed by atoms with van der Waals surface area (Å²) in [6.45, 7) is 7.01. The Hall–Kier alpha value is -2.24. The van der Waals surface area contributed by atoms with Gasteiger partial charge in [-0.15, -0.1) is 0 Å². The highest BCUT2D eigenvalue weighted by Gasteiger charge is 2.24. The second-order valence-corrected chi connectivity index (χ2v) is 7.30. The van der Waals surface area contributed by atoms with Gasteiger partial charge in [0.15, 0.2) is 5.58 Å². The minimum absolute atomic E-state index is 0.338. The normalized spacial score (nSPS) is 17.7. The average molecular weight is 371 g/mol. The molecule has 6 heteroatoms. The maximum atomic E-state index is 6.39. The third-order valence-corrected chi connectivity index (χ3v) is 5.23. The van der Waals surface area contributed by atoms with Crippen LogP contribution in [0.1, 0.15) is 12.5 Å². The minimum atomic E-state index is 0.338. The van der Waals surface area contributed by atoms with E-state index in [-0.39, 0.29) is 0 Å². The van der Waals surface area contributed by atoms with E-state index in [0.29, 0.717) is 17.1 Å². The zero-order chi connectivity index (χ0) is 18.3. The molecule has 5 nitrogen and oxygen atoms in total. The molecule has 1 atom stereocenters. The number of halogens is 1. The summed E-state index contributed by atoms with van der Waals surface area (Å²) in [6.07, 6.45) is 0. The van der Waals surface area contributed by atoms with Gasteiger partial charge in [-0.2, -0.15) is 4.98 Å². The number of piperazine rings is 1. The quantitative estimate of drug-likeness (QED) is 0.742. The molecule has 0 saturated carbocycles. The number of oxazole rings is 1. The van der Waals surface area contributed by atoms with Crippen molar-refractivity contribution in [2.75, 3.05) is 36.5 Å². The summed E-state index contributed by atoms with van der Waals surface area (Å²) in [6, 6.07) is 13.1. The van der Waals surface area contributed by atoms with Crippen LogP contribution in [0.15, 0.2) is 40.8 Å². The number of aryl methyl sites for hydroxylation is 1. The Balaban J connectivity index is 1.81. The molecule has 1 fully saturated rings. The fraction of sp³-hybridized carbons (Fsp3) is 0.350. The lowest BCUT2D eigenvalue weighted by atomic mass is 10.1. The highest BCUT2D eigenvalue weighted by molar-refractivity contribution is 6.31. The second-order valence-electron chi connectivity index (χ2n) is 6.86. The van der Waals surface area contributed by atoms with E-state index in [1.165, 1.54) is 5.56 Å². The van der Waals surface area contributed by atoms with Crippen LogP contribution in [0.5, 0.6) is 0 Å². The van der Waals surface area contributed by atoms with Gasteiger partial charge in [-0.25, -0.2) is 0 Å². The zero-order valence-corrected chi connectivity index (χ0v) is 16.0. The van der Waals surface area contributed by atoms with Crippen molar-refractivity contribution in [2.24, 2.45) is 0 Å². The lowest BCUT2D eigenvalue weighted by molar-refractivity contribution is 0.456. The number of nitrogens with one attached hydrogen (secondary N) is 1. The molecular formula is C20H23ClN4O. The number of benzene rings is 2. The summed E-state index contributed by atoms with van der Waals surface area (Å²) in [5, 5.41) is 4.05. The van der Waals surface area contributed by atoms with Crippen molar-refractivity contribution >= 4 is 40.1 Å². The van der Waals surface area contributed by atoms with Gasteiger partial charge in [0.2, 0.25) is 0 Å².